The molecule has 8 nitrogen and oxygen atoms in total. The number of ether oxygens (including phenoxy) is 2. The summed E-state index contributed by atoms with van der Waals surface area (Å²) >= 11 is 6.38. The largest absolute Gasteiger partial charge is 0.491 e. The standard InChI is InChI=1S/C27H30ClN3O5S/c1-3-37(33,34)29-20-8-10-25-22(14-20)23-17-30(2)27(32)15-26(23)35-12-11-31(21-5-4-6-21)16-18-13-19(28)7-9-24(18)36-25/h7-10,13-15,17,21,29H,3-6,11-12,16H2,1-2H3. The number of nitrogens with zero attached hydrogens (tertiary/aromatic N) is 2. The molecule has 0 spiro atoms. The predicted octanol–water partition coefficient (Wildman–Crippen LogP) is 5.01. The summed E-state index contributed by atoms with van der Waals surface area (Å²) in [7, 11) is -1.83. The average molecular weight is 544 g/mol. The first-order valence-corrected chi connectivity index (χ1v) is 14.4. The van der Waals surface area contributed by atoms with Crippen LogP contribution >= 0.6 is 11.6 Å². The van der Waals surface area contributed by atoms with Crippen molar-refractivity contribution >= 4 is 27.3 Å². The molecule has 5 rings (SSSR count). The van der Waals surface area contributed by atoms with E-state index in [1.54, 1.807) is 44.4 Å². The van der Waals surface area contributed by atoms with Crippen molar-refractivity contribution in [3.05, 3.63) is 69.6 Å². The van der Waals surface area contributed by atoms with Gasteiger partial charge in [0.05, 0.1) is 5.75 Å². The number of anilines is 1. The molecule has 0 radical (unpaired) electrons. The monoisotopic (exact) mass is 543 g/mol. The van der Waals surface area contributed by atoms with Crippen molar-refractivity contribution in [2.24, 2.45) is 7.05 Å². The van der Waals surface area contributed by atoms with E-state index in [1.807, 2.05) is 12.1 Å². The Kier molecular flexibility index (Phi) is 7.20. The van der Waals surface area contributed by atoms with Gasteiger partial charge in [0.25, 0.3) is 5.56 Å². The van der Waals surface area contributed by atoms with Gasteiger partial charge in [-0.1, -0.05) is 18.0 Å². The maximum absolute atomic E-state index is 12.5. The van der Waals surface area contributed by atoms with Gasteiger partial charge in [-0.25, -0.2) is 8.42 Å². The fourth-order valence-electron chi connectivity index (χ4n) is 4.60. The van der Waals surface area contributed by atoms with Crippen LogP contribution in [0.2, 0.25) is 5.02 Å². The fourth-order valence-corrected chi connectivity index (χ4v) is 5.43. The highest BCUT2D eigenvalue weighted by molar-refractivity contribution is 7.92. The van der Waals surface area contributed by atoms with E-state index >= 15 is 0 Å². The molecule has 1 N–H and O–H groups in total. The average Bonchev–Trinajstić information content (AvgIpc) is 2.81. The van der Waals surface area contributed by atoms with Gasteiger partial charge in [-0.2, -0.15) is 0 Å². The summed E-state index contributed by atoms with van der Waals surface area (Å²) in [4.78, 5) is 14.9. The third-order valence-electron chi connectivity index (χ3n) is 6.96. The highest BCUT2D eigenvalue weighted by Gasteiger charge is 2.27. The molecular weight excluding hydrogens is 514 g/mol. The Labute approximate surface area is 221 Å². The first kappa shape index (κ1) is 25.6. The van der Waals surface area contributed by atoms with Crippen molar-refractivity contribution in [2.75, 3.05) is 23.6 Å². The molecule has 1 aromatic heterocycles. The van der Waals surface area contributed by atoms with Crippen LogP contribution in [0.25, 0.3) is 11.1 Å². The minimum Gasteiger partial charge on any atom is -0.491 e. The highest BCUT2D eigenvalue weighted by atomic mass is 35.5. The van der Waals surface area contributed by atoms with Crippen LogP contribution in [0.1, 0.15) is 31.7 Å². The van der Waals surface area contributed by atoms with E-state index in [9.17, 15) is 13.2 Å². The van der Waals surface area contributed by atoms with E-state index in [1.165, 1.54) is 17.1 Å². The number of pyridine rings is 1. The van der Waals surface area contributed by atoms with Crippen LogP contribution in [0.5, 0.6) is 17.2 Å². The smallest absolute Gasteiger partial charge is 0.254 e. The number of sulfonamides is 1. The lowest BCUT2D eigenvalue weighted by molar-refractivity contribution is 0.0988. The molecule has 10 heteroatoms. The third-order valence-corrected chi connectivity index (χ3v) is 8.50. The van der Waals surface area contributed by atoms with Crippen molar-refractivity contribution in [1.82, 2.24) is 9.47 Å². The number of fused-ring (bicyclic) bond motifs is 4. The molecule has 1 fully saturated rings. The summed E-state index contributed by atoms with van der Waals surface area (Å²) in [5, 5.41) is 0.629. The predicted molar refractivity (Wildman–Crippen MR) is 145 cm³/mol. The van der Waals surface area contributed by atoms with Gasteiger partial charge in [0, 0.05) is 65.8 Å². The Morgan fingerprint density at radius 2 is 1.84 bits per heavy atom. The summed E-state index contributed by atoms with van der Waals surface area (Å²) in [6.45, 7) is 3.30. The second-order valence-corrected chi connectivity index (χ2v) is 11.9. The van der Waals surface area contributed by atoms with Crippen LogP contribution in [0.15, 0.2) is 53.5 Å². The third kappa shape index (κ3) is 5.63. The highest BCUT2D eigenvalue weighted by Crippen LogP contribution is 2.41. The topological polar surface area (TPSA) is 89.9 Å². The summed E-state index contributed by atoms with van der Waals surface area (Å²) in [6.07, 6.45) is 5.16. The molecule has 0 saturated heterocycles. The van der Waals surface area contributed by atoms with Crippen molar-refractivity contribution in [3.8, 4) is 28.4 Å². The second kappa shape index (κ2) is 10.4. The van der Waals surface area contributed by atoms with E-state index < -0.39 is 10.0 Å². The molecule has 0 amide bonds. The van der Waals surface area contributed by atoms with E-state index in [-0.39, 0.29) is 11.3 Å². The van der Waals surface area contributed by atoms with E-state index in [0.29, 0.717) is 64.8 Å². The van der Waals surface area contributed by atoms with Crippen LogP contribution in [0, 0.1) is 0 Å². The number of rotatable bonds is 4. The quantitative estimate of drug-likeness (QED) is 0.498. The van der Waals surface area contributed by atoms with Crippen LogP contribution < -0.4 is 19.8 Å². The minimum absolute atomic E-state index is 0.0551. The Balaban J connectivity index is 1.67. The second-order valence-electron chi connectivity index (χ2n) is 9.47. The van der Waals surface area contributed by atoms with Crippen LogP contribution in [-0.4, -0.2) is 42.8 Å². The Bertz CT molecular complexity index is 1480. The molecule has 37 heavy (non-hydrogen) atoms. The molecule has 0 atom stereocenters. The molecule has 0 bridgehead atoms. The van der Waals surface area contributed by atoms with Crippen LogP contribution in [-0.2, 0) is 23.6 Å². The van der Waals surface area contributed by atoms with E-state index in [2.05, 4.69) is 9.62 Å². The molecular formula is C27H30ClN3O5S. The summed E-state index contributed by atoms with van der Waals surface area (Å²) < 4.78 is 41.3. The maximum atomic E-state index is 12.5. The molecule has 1 aliphatic heterocycles. The maximum Gasteiger partial charge on any atom is 0.254 e. The van der Waals surface area contributed by atoms with Crippen molar-refractivity contribution in [3.63, 3.8) is 0 Å². The lowest BCUT2D eigenvalue weighted by Gasteiger charge is -2.38. The van der Waals surface area contributed by atoms with Gasteiger partial charge in [-0.3, -0.25) is 14.4 Å². The first-order chi connectivity index (χ1) is 17.7. The van der Waals surface area contributed by atoms with E-state index in [0.717, 1.165) is 18.4 Å². The van der Waals surface area contributed by atoms with Gasteiger partial charge in [-0.05, 0) is 56.2 Å². The van der Waals surface area contributed by atoms with Crippen molar-refractivity contribution in [2.45, 2.75) is 38.8 Å². The van der Waals surface area contributed by atoms with Crippen LogP contribution in [0.3, 0.4) is 0 Å². The summed E-state index contributed by atoms with van der Waals surface area (Å²) in [6, 6.07) is 12.6. The molecule has 1 saturated carbocycles. The number of aromatic nitrogens is 1. The molecule has 2 aliphatic rings. The van der Waals surface area contributed by atoms with Gasteiger partial charge in [0.15, 0.2) is 0 Å². The minimum atomic E-state index is -3.49. The SMILES string of the molecule is CCS(=O)(=O)Nc1ccc2c(c1)-c1cn(C)c(=O)cc1OCCN(C1CCC1)Cc1cc(Cl)ccc1O2. The summed E-state index contributed by atoms with van der Waals surface area (Å²) in [5.41, 5.74) is 2.37. The lowest BCUT2D eigenvalue weighted by Crippen LogP contribution is -2.42. The first-order valence-electron chi connectivity index (χ1n) is 12.4. The number of aryl methyl sites for hydroxylation is 1. The Hall–Kier alpha value is -3.01. The number of benzene rings is 2. The molecule has 2 heterocycles. The number of hydrogen-bond acceptors (Lipinski definition) is 6. The molecule has 196 valence electrons. The molecule has 3 aromatic rings. The van der Waals surface area contributed by atoms with Gasteiger partial charge < -0.3 is 14.0 Å². The zero-order chi connectivity index (χ0) is 26.2. The van der Waals surface area contributed by atoms with Crippen molar-refractivity contribution in [1.29, 1.82) is 0 Å². The molecule has 2 aromatic carbocycles. The van der Waals surface area contributed by atoms with Crippen LogP contribution in [0.4, 0.5) is 5.69 Å². The zero-order valence-electron chi connectivity index (χ0n) is 20.9. The van der Waals surface area contributed by atoms with E-state index in [4.69, 9.17) is 21.1 Å². The number of hydrogen-bond donors (Lipinski definition) is 1. The summed E-state index contributed by atoms with van der Waals surface area (Å²) in [5.74, 6) is 1.54. The van der Waals surface area contributed by atoms with Gasteiger partial charge >= 0.3 is 0 Å². The molecule has 1 aliphatic carbocycles. The zero-order valence-corrected chi connectivity index (χ0v) is 22.4. The Morgan fingerprint density at radius 1 is 1.05 bits per heavy atom. The van der Waals surface area contributed by atoms with Gasteiger partial charge in [-0.15, -0.1) is 0 Å². The normalized spacial score (nSPS) is 16.5. The van der Waals surface area contributed by atoms with Gasteiger partial charge in [0.1, 0.15) is 23.9 Å². The lowest BCUT2D eigenvalue weighted by atomic mass is 9.91. The van der Waals surface area contributed by atoms with Crippen molar-refractivity contribution < 1.29 is 17.9 Å². The number of halogens is 1. The Morgan fingerprint density at radius 3 is 2.57 bits per heavy atom. The molecule has 0 unspecified atom stereocenters. The fraction of sp³-hybridized carbons (Fsp3) is 0.370. The van der Waals surface area contributed by atoms with Gasteiger partial charge in [0.2, 0.25) is 10.0 Å². The number of nitrogens with one attached hydrogen (secondary N) is 1.